The molecule has 0 aliphatic carbocycles. The topological polar surface area (TPSA) is 9.23 Å². The maximum absolute atomic E-state index is 5.74. The SMILES string of the molecule is C[C@H](CCOCc1ccccc1)CCC(Br)C(C)(C)Br. The summed E-state index contributed by atoms with van der Waals surface area (Å²) in [5, 5.41) is 0. The van der Waals surface area contributed by atoms with Crippen molar-refractivity contribution < 1.29 is 4.74 Å². The van der Waals surface area contributed by atoms with Gasteiger partial charge in [-0.15, -0.1) is 0 Å². The fraction of sp³-hybridized carbons (Fsp3) is 0.647. The van der Waals surface area contributed by atoms with Crippen LogP contribution in [-0.4, -0.2) is 15.8 Å². The number of halogens is 2. The Hall–Kier alpha value is 0.140. The van der Waals surface area contributed by atoms with E-state index in [4.69, 9.17) is 4.74 Å². The minimum absolute atomic E-state index is 0.163. The predicted molar refractivity (Wildman–Crippen MR) is 94.8 cm³/mol. The highest BCUT2D eigenvalue weighted by atomic mass is 79.9. The van der Waals surface area contributed by atoms with Crippen molar-refractivity contribution in [2.75, 3.05) is 6.61 Å². The van der Waals surface area contributed by atoms with Crippen molar-refractivity contribution in [3.8, 4) is 0 Å². The number of alkyl halides is 2. The third-order valence-corrected chi connectivity index (χ3v) is 6.29. The second-order valence-corrected chi connectivity index (χ2v) is 9.19. The van der Waals surface area contributed by atoms with E-state index < -0.39 is 0 Å². The molecule has 0 spiro atoms. The second-order valence-electron chi connectivity index (χ2n) is 6.04. The second kappa shape index (κ2) is 9.22. The van der Waals surface area contributed by atoms with Gasteiger partial charge >= 0.3 is 0 Å². The molecule has 1 aromatic carbocycles. The number of ether oxygens (including phenoxy) is 1. The Morgan fingerprint density at radius 1 is 1.10 bits per heavy atom. The van der Waals surface area contributed by atoms with Crippen molar-refractivity contribution in [2.45, 2.75) is 55.8 Å². The van der Waals surface area contributed by atoms with Crippen LogP contribution in [0.3, 0.4) is 0 Å². The van der Waals surface area contributed by atoms with E-state index in [-0.39, 0.29) is 4.32 Å². The summed E-state index contributed by atoms with van der Waals surface area (Å²) in [6.07, 6.45) is 3.56. The molecule has 20 heavy (non-hydrogen) atoms. The van der Waals surface area contributed by atoms with Crippen LogP contribution < -0.4 is 0 Å². The highest BCUT2D eigenvalue weighted by Crippen LogP contribution is 2.31. The molecule has 0 aliphatic rings. The molecule has 0 saturated heterocycles. The Morgan fingerprint density at radius 2 is 1.75 bits per heavy atom. The first-order chi connectivity index (χ1) is 9.39. The number of benzene rings is 1. The highest BCUT2D eigenvalue weighted by molar-refractivity contribution is 9.12. The molecular formula is C17H26Br2O. The summed E-state index contributed by atoms with van der Waals surface area (Å²) in [6.45, 7) is 8.30. The van der Waals surface area contributed by atoms with E-state index in [0.717, 1.165) is 19.6 Å². The minimum atomic E-state index is 0.163. The summed E-state index contributed by atoms with van der Waals surface area (Å²) >= 11 is 7.47. The van der Waals surface area contributed by atoms with E-state index in [1.165, 1.54) is 18.4 Å². The molecule has 0 N–H and O–H groups in total. The van der Waals surface area contributed by atoms with Gasteiger partial charge in [0.25, 0.3) is 0 Å². The maximum atomic E-state index is 5.74. The Kier molecular flexibility index (Phi) is 8.38. The molecule has 0 aliphatic heterocycles. The van der Waals surface area contributed by atoms with Crippen LogP contribution in [0.1, 0.15) is 45.6 Å². The molecule has 0 heterocycles. The van der Waals surface area contributed by atoms with Gasteiger partial charge < -0.3 is 4.74 Å². The molecule has 0 bridgehead atoms. The third kappa shape index (κ3) is 7.80. The quantitative estimate of drug-likeness (QED) is 0.364. The van der Waals surface area contributed by atoms with Gasteiger partial charge in [0.1, 0.15) is 0 Å². The van der Waals surface area contributed by atoms with Crippen LogP contribution >= 0.6 is 31.9 Å². The van der Waals surface area contributed by atoms with Crippen LogP contribution in [0, 0.1) is 5.92 Å². The lowest BCUT2D eigenvalue weighted by Crippen LogP contribution is -2.24. The maximum Gasteiger partial charge on any atom is 0.0716 e. The lowest BCUT2D eigenvalue weighted by molar-refractivity contribution is 0.108. The third-order valence-electron chi connectivity index (χ3n) is 3.52. The Morgan fingerprint density at radius 3 is 2.35 bits per heavy atom. The van der Waals surface area contributed by atoms with Gasteiger partial charge in [-0.3, -0.25) is 0 Å². The first-order valence-corrected chi connectivity index (χ1v) is 9.05. The average molecular weight is 406 g/mol. The zero-order chi connectivity index (χ0) is 15.0. The monoisotopic (exact) mass is 404 g/mol. The van der Waals surface area contributed by atoms with Gasteiger partial charge in [0.05, 0.1) is 6.61 Å². The van der Waals surface area contributed by atoms with Gasteiger partial charge in [0.15, 0.2) is 0 Å². The summed E-state index contributed by atoms with van der Waals surface area (Å²) in [5.74, 6) is 0.709. The van der Waals surface area contributed by atoms with Crippen molar-refractivity contribution in [3.63, 3.8) is 0 Å². The van der Waals surface area contributed by atoms with Crippen LogP contribution in [0.25, 0.3) is 0 Å². The Bertz CT molecular complexity index is 359. The molecule has 1 aromatic rings. The average Bonchev–Trinajstić information content (AvgIpc) is 2.41. The van der Waals surface area contributed by atoms with Crippen molar-refractivity contribution in [3.05, 3.63) is 35.9 Å². The summed E-state index contributed by atoms with van der Waals surface area (Å²) in [5.41, 5.74) is 1.25. The van der Waals surface area contributed by atoms with Crippen LogP contribution in [0.5, 0.6) is 0 Å². The van der Waals surface area contributed by atoms with Gasteiger partial charge in [0.2, 0.25) is 0 Å². The van der Waals surface area contributed by atoms with Crippen molar-refractivity contribution >= 4 is 31.9 Å². The smallest absolute Gasteiger partial charge is 0.0716 e. The molecule has 0 saturated carbocycles. The Balaban J connectivity index is 2.10. The highest BCUT2D eigenvalue weighted by Gasteiger charge is 2.23. The molecule has 1 nitrogen and oxygen atoms in total. The van der Waals surface area contributed by atoms with Crippen LogP contribution in [0.15, 0.2) is 30.3 Å². The molecular weight excluding hydrogens is 380 g/mol. The molecule has 1 unspecified atom stereocenters. The van der Waals surface area contributed by atoms with Crippen molar-refractivity contribution in [2.24, 2.45) is 5.92 Å². The van der Waals surface area contributed by atoms with Crippen LogP contribution in [-0.2, 0) is 11.3 Å². The minimum Gasteiger partial charge on any atom is -0.377 e. The van der Waals surface area contributed by atoms with E-state index in [1.807, 2.05) is 6.07 Å². The first kappa shape index (κ1) is 18.2. The zero-order valence-electron chi connectivity index (χ0n) is 12.7. The molecule has 114 valence electrons. The van der Waals surface area contributed by atoms with E-state index >= 15 is 0 Å². The Labute approximate surface area is 140 Å². The van der Waals surface area contributed by atoms with E-state index in [2.05, 4.69) is 76.9 Å². The van der Waals surface area contributed by atoms with Crippen LogP contribution in [0.4, 0.5) is 0 Å². The van der Waals surface area contributed by atoms with E-state index in [0.29, 0.717) is 10.7 Å². The molecule has 2 atom stereocenters. The summed E-state index contributed by atoms with van der Waals surface area (Å²) < 4.78 is 5.91. The molecule has 3 heteroatoms. The zero-order valence-corrected chi connectivity index (χ0v) is 15.9. The number of rotatable bonds is 9. The molecule has 1 rings (SSSR count). The van der Waals surface area contributed by atoms with Gasteiger partial charge in [-0.05, 0) is 44.6 Å². The molecule has 0 fully saturated rings. The molecule has 0 amide bonds. The van der Waals surface area contributed by atoms with Gasteiger partial charge in [-0.25, -0.2) is 0 Å². The lowest BCUT2D eigenvalue weighted by atomic mass is 9.97. The first-order valence-electron chi connectivity index (χ1n) is 7.34. The van der Waals surface area contributed by atoms with Gasteiger partial charge in [0, 0.05) is 15.8 Å². The number of hydrogen-bond donors (Lipinski definition) is 0. The van der Waals surface area contributed by atoms with Crippen molar-refractivity contribution in [1.82, 2.24) is 0 Å². The van der Waals surface area contributed by atoms with Crippen molar-refractivity contribution in [1.29, 1.82) is 0 Å². The summed E-state index contributed by atoms with van der Waals surface area (Å²) in [4.78, 5) is 0.516. The normalized spacial score (nSPS) is 15.1. The van der Waals surface area contributed by atoms with Crippen LogP contribution in [0.2, 0.25) is 0 Å². The standard InChI is InChI=1S/C17H26Br2O/c1-14(9-10-16(18)17(2,3)19)11-12-20-13-15-7-5-4-6-8-15/h4-8,14,16H,9-13H2,1-3H3/t14-,16?/m0/s1. The molecule has 0 aromatic heterocycles. The van der Waals surface area contributed by atoms with Gasteiger partial charge in [-0.1, -0.05) is 69.1 Å². The molecule has 0 radical (unpaired) electrons. The largest absolute Gasteiger partial charge is 0.377 e. The van der Waals surface area contributed by atoms with Gasteiger partial charge in [-0.2, -0.15) is 0 Å². The fourth-order valence-electron chi connectivity index (χ4n) is 1.97. The lowest BCUT2D eigenvalue weighted by Gasteiger charge is -2.24. The van der Waals surface area contributed by atoms with E-state index in [9.17, 15) is 0 Å². The summed E-state index contributed by atoms with van der Waals surface area (Å²) in [7, 11) is 0. The van der Waals surface area contributed by atoms with E-state index in [1.54, 1.807) is 0 Å². The fourth-order valence-corrected chi connectivity index (χ4v) is 2.46. The number of hydrogen-bond acceptors (Lipinski definition) is 1. The summed E-state index contributed by atoms with van der Waals surface area (Å²) in [6, 6.07) is 10.4. The predicted octanol–water partition coefficient (Wildman–Crippen LogP) is 5.95.